The standard InChI is InChI=1S/C17H18ClN3O2/c1-10-4-16-14(7-15(10)18)12(9-23-16)6-17(22)19-8-13-5-11(2)20-21(13)3/h4-5,7,9H,6,8H2,1-3H3,(H,19,22). The second-order valence-electron chi connectivity index (χ2n) is 5.71. The highest BCUT2D eigenvalue weighted by molar-refractivity contribution is 6.32. The van der Waals surface area contributed by atoms with Crippen LogP contribution in [0.15, 0.2) is 28.9 Å². The summed E-state index contributed by atoms with van der Waals surface area (Å²) >= 11 is 6.16. The van der Waals surface area contributed by atoms with Gasteiger partial charge in [0.2, 0.25) is 5.91 Å². The number of carbonyl (C=O) groups excluding carboxylic acids is 1. The molecule has 1 amide bonds. The van der Waals surface area contributed by atoms with Crippen LogP contribution in [0.4, 0.5) is 0 Å². The van der Waals surface area contributed by atoms with Gasteiger partial charge >= 0.3 is 0 Å². The number of aromatic nitrogens is 2. The molecule has 0 aliphatic heterocycles. The summed E-state index contributed by atoms with van der Waals surface area (Å²) in [5, 5.41) is 8.72. The zero-order chi connectivity index (χ0) is 16.6. The fraction of sp³-hybridized carbons (Fsp3) is 0.294. The molecule has 3 aromatic rings. The molecule has 1 aromatic carbocycles. The maximum Gasteiger partial charge on any atom is 0.224 e. The predicted octanol–water partition coefficient (Wildman–Crippen LogP) is 3.30. The number of hydrogen-bond acceptors (Lipinski definition) is 3. The second-order valence-corrected chi connectivity index (χ2v) is 6.12. The van der Waals surface area contributed by atoms with E-state index in [9.17, 15) is 4.79 Å². The summed E-state index contributed by atoms with van der Waals surface area (Å²) in [6, 6.07) is 5.69. The summed E-state index contributed by atoms with van der Waals surface area (Å²) in [6.07, 6.45) is 1.87. The summed E-state index contributed by atoms with van der Waals surface area (Å²) in [7, 11) is 1.86. The van der Waals surface area contributed by atoms with E-state index in [4.69, 9.17) is 16.0 Å². The molecule has 0 saturated carbocycles. The SMILES string of the molecule is Cc1cc(CNC(=O)Cc2coc3cc(C)c(Cl)cc23)n(C)n1. The van der Waals surface area contributed by atoms with Crippen molar-refractivity contribution in [1.82, 2.24) is 15.1 Å². The zero-order valence-corrected chi connectivity index (χ0v) is 14.1. The van der Waals surface area contributed by atoms with Gasteiger partial charge in [0, 0.05) is 23.0 Å². The third-order valence-electron chi connectivity index (χ3n) is 3.85. The molecule has 2 aromatic heterocycles. The largest absolute Gasteiger partial charge is 0.464 e. The van der Waals surface area contributed by atoms with Crippen molar-refractivity contribution in [2.24, 2.45) is 7.05 Å². The third kappa shape index (κ3) is 3.24. The zero-order valence-electron chi connectivity index (χ0n) is 13.3. The Morgan fingerprint density at radius 3 is 2.83 bits per heavy atom. The first-order chi connectivity index (χ1) is 10.9. The minimum Gasteiger partial charge on any atom is -0.464 e. The Kier molecular flexibility index (Phi) is 4.13. The van der Waals surface area contributed by atoms with Crippen molar-refractivity contribution in [2.75, 3.05) is 0 Å². The first-order valence-electron chi connectivity index (χ1n) is 7.36. The quantitative estimate of drug-likeness (QED) is 0.798. The topological polar surface area (TPSA) is 60.1 Å². The number of fused-ring (bicyclic) bond motifs is 1. The van der Waals surface area contributed by atoms with E-state index in [1.54, 1.807) is 10.9 Å². The van der Waals surface area contributed by atoms with Gasteiger partial charge in [-0.2, -0.15) is 5.10 Å². The van der Waals surface area contributed by atoms with E-state index in [1.165, 1.54) is 0 Å². The van der Waals surface area contributed by atoms with Gasteiger partial charge in [-0.3, -0.25) is 9.48 Å². The average Bonchev–Trinajstić information content (AvgIpc) is 3.01. The number of furan rings is 1. The van der Waals surface area contributed by atoms with Crippen molar-refractivity contribution in [2.45, 2.75) is 26.8 Å². The van der Waals surface area contributed by atoms with Gasteiger partial charge in [-0.05, 0) is 37.6 Å². The van der Waals surface area contributed by atoms with Crippen molar-refractivity contribution in [1.29, 1.82) is 0 Å². The Bertz CT molecular complexity index is 879. The number of halogens is 1. The lowest BCUT2D eigenvalue weighted by Crippen LogP contribution is -2.25. The van der Waals surface area contributed by atoms with Crippen LogP contribution in [-0.4, -0.2) is 15.7 Å². The van der Waals surface area contributed by atoms with Crippen LogP contribution in [0.25, 0.3) is 11.0 Å². The highest BCUT2D eigenvalue weighted by atomic mass is 35.5. The molecule has 23 heavy (non-hydrogen) atoms. The van der Waals surface area contributed by atoms with E-state index >= 15 is 0 Å². The van der Waals surface area contributed by atoms with Crippen LogP contribution in [0.2, 0.25) is 5.02 Å². The molecule has 0 bridgehead atoms. The summed E-state index contributed by atoms with van der Waals surface area (Å²) in [5.74, 6) is -0.0664. The Hall–Kier alpha value is -2.27. The van der Waals surface area contributed by atoms with Crippen LogP contribution < -0.4 is 5.32 Å². The molecular weight excluding hydrogens is 314 g/mol. The molecule has 0 radical (unpaired) electrons. The van der Waals surface area contributed by atoms with E-state index in [2.05, 4.69) is 10.4 Å². The average molecular weight is 332 g/mol. The molecule has 2 heterocycles. The Labute approximate surface area is 139 Å². The smallest absolute Gasteiger partial charge is 0.224 e. The van der Waals surface area contributed by atoms with Gasteiger partial charge in [-0.1, -0.05) is 11.6 Å². The molecule has 0 fully saturated rings. The van der Waals surface area contributed by atoms with Crippen molar-refractivity contribution in [3.8, 4) is 0 Å². The number of nitrogens with one attached hydrogen (secondary N) is 1. The number of carbonyl (C=O) groups is 1. The Morgan fingerprint density at radius 1 is 1.35 bits per heavy atom. The number of rotatable bonds is 4. The van der Waals surface area contributed by atoms with E-state index < -0.39 is 0 Å². The van der Waals surface area contributed by atoms with Crippen LogP contribution in [0.5, 0.6) is 0 Å². The molecular formula is C17H18ClN3O2. The van der Waals surface area contributed by atoms with Gasteiger partial charge < -0.3 is 9.73 Å². The number of aryl methyl sites for hydroxylation is 3. The lowest BCUT2D eigenvalue weighted by atomic mass is 10.1. The molecule has 0 aliphatic carbocycles. The number of hydrogen-bond donors (Lipinski definition) is 1. The molecule has 1 N–H and O–H groups in total. The fourth-order valence-corrected chi connectivity index (χ4v) is 2.76. The Balaban J connectivity index is 1.70. The number of benzene rings is 1. The van der Waals surface area contributed by atoms with Gasteiger partial charge in [0.1, 0.15) is 5.58 Å². The van der Waals surface area contributed by atoms with Crippen LogP contribution in [0, 0.1) is 13.8 Å². The van der Waals surface area contributed by atoms with Crippen LogP contribution in [0.3, 0.4) is 0 Å². The van der Waals surface area contributed by atoms with Gasteiger partial charge in [0.15, 0.2) is 0 Å². The van der Waals surface area contributed by atoms with E-state index in [0.29, 0.717) is 11.6 Å². The van der Waals surface area contributed by atoms with Crippen LogP contribution in [-0.2, 0) is 24.8 Å². The van der Waals surface area contributed by atoms with Gasteiger partial charge in [0.05, 0.1) is 30.6 Å². The lowest BCUT2D eigenvalue weighted by Gasteiger charge is -2.05. The normalized spacial score (nSPS) is 11.1. The molecule has 5 nitrogen and oxygen atoms in total. The molecule has 0 unspecified atom stereocenters. The monoisotopic (exact) mass is 331 g/mol. The molecule has 6 heteroatoms. The number of amides is 1. The van der Waals surface area contributed by atoms with Crippen molar-refractivity contribution >= 4 is 28.5 Å². The maximum atomic E-state index is 12.2. The lowest BCUT2D eigenvalue weighted by molar-refractivity contribution is -0.120. The van der Waals surface area contributed by atoms with E-state index in [-0.39, 0.29) is 12.3 Å². The van der Waals surface area contributed by atoms with E-state index in [1.807, 2.05) is 39.1 Å². The number of nitrogens with zero attached hydrogens (tertiary/aromatic N) is 2. The van der Waals surface area contributed by atoms with Crippen molar-refractivity contribution < 1.29 is 9.21 Å². The first-order valence-corrected chi connectivity index (χ1v) is 7.74. The minimum atomic E-state index is -0.0664. The van der Waals surface area contributed by atoms with E-state index in [0.717, 1.165) is 33.5 Å². The Morgan fingerprint density at radius 2 is 2.13 bits per heavy atom. The van der Waals surface area contributed by atoms with Gasteiger partial charge in [-0.15, -0.1) is 0 Å². The molecule has 0 atom stereocenters. The molecule has 0 spiro atoms. The van der Waals surface area contributed by atoms with Crippen molar-refractivity contribution in [3.05, 3.63) is 52.0 Å². The first kappa shape index (κ1) is 15.6. The van der Waals surface area contributed by atoms with Crippen LogP contribution in [0.1, 0.15) is 22.5 Å². The summed E-state index contributed by atoms with van der Waals surface area (Å²) in [6.45, 7) is 4.30. The third-order valence-corrected chi connectivity index (χ3v) is 4.26. The molecule has 0 saturated heterocycles. The predicted molar refractivity (Wildman–Crippen MR) is 89.5 cm³/mol. The minimum absolute atomic E-state index is 0.0664. The molecule has 120 valence electrons. The second kappa shape index (κ2) is 6.08. The maximum absolute atomic E-state index is 12.2. The summed E-state index contributed by atoms with van der Waals surface area (Å²) in [5.41, 5.74) is 4.43. The summed E-state index contributed by atoms with van der Waals surface area (Å²) in [4.78, 5) is 12.2. The van der Waals surface area contributed by atoms with Gasteiger partial charge in [0.25, 0.3) is 0 Å². The van der Waals surface area contributed by atoms with Gasteiger partial charge in [-0.25, -0.2) is 0 Å². The van der Waals surface area contributed by atoms with Crippen LogP contribution >= 0.6 is 11.6 Å². The highest BCUT2D eigenvalue weighted by Gasteiger charge is 2.12. The van der Waals surface area contributed by atoms with Crippen molar-refractivity contribution in [3.63, 3.8) is 0 Å². The summed E-state index contributed by atoms with van der Waals surface area (Å²) < 4.78 is 7.29. The molecule has 3 rings (SSSR count). The highest BCUT2D eigenvalue weighted by Crippen LogP contribution is 2.27. The molecule has 0 aliphatic rings. The fourth-order valence-electron chi connectivity index (χ4n) is 2.59.